The molecule has 3 aliphatic rings. The number of benzene rings is 5. The summed E-state index contributed by atoms with van der Waals surface area (Å²) >= 11 is 5.04. The summed E-state index contributed by atoms with van der Waals surface area (Å²) in [7, 11) is -7.56. The molecule has 2 heterocycles. The van der Waals surface area contributed by atoms with Crippen molar-refractivity contribution >= 4 is 88.2 Å². The molecule has 13 heteroatoms. The Morgan fingerprint density at radius 3 is 2.21 bits per heavy atom. The van der Waals surface area contributed by atoms with Crippen LogP contribution in [0.4, 0.5) is 0 Å². The Morgan fingerprint density at radius 2 is 1.46 bits per heavy atom. The Kier molecular flexibility index (Phi) is 13.5. The van der Waals surface area contributed by atoms with Crippen molar-refractivity contribution in [3.63, 3.8) is 0 Å². The van der Waals surface area contributed by atoms with Crippen molar-refractivity contribution in [1.29, 1.82) is 0 Å². The number of hydrogen-bond acceptors (Lipinski definition) is 8. The molecular weight excluding hydrogens is 889 g/mol. The third-order valence-corrected chi connectivity index (χ3v) is 15.5. The lowest BCUT2D eigenvalue weighted by atomic mass is 9.84. The molecule has 1 aliphatic heterocycles. The lowest BCUT2D eigenvalue weighted by Gasteiger charge is -2.28. The van der Waals surface area contributed by atoms with Gasteiger partial charge in [0.25, 0.3) is 10.1 Å². The molecule has 9 rings (SSSR count). The Labute approximate surface area is 380 Å². The van der Waals surface area contributed by atoms with Gasteiger partial charge < -0.3 is 5.11 Å². The van der Waals surface area contributed by atoms with E-state index in [9.17, 15) is 22.9 Å². The van der Waals surface area contributed by atoms with Crippen LogP contribution in [0.25, 0.3) is 37.1 Å². The first-order chi connectivity index (χ1) is 30.4. The van der Waals surface area contributed by atoms with Gasteiger partial charge in [-0.1, -0.05) is 133 Å². The molecule has 2 N–H and O–H groups in total. The number of fused-ring (bicyclic) bond motifs is 4. The Bertz CT molecular complexity index is 3130. The van der Waals surface area contributed by atoms with Gasteiger partial charge in [0.2, 0.25) is 20.9 Å². The van der Waals surface area contributed by atoms with Gasteiger partial charge in [-0.15, -0.1) is 12.6 Å². The summed E-state index contributed by atoms with van der Waals surface area (Å²) in [4.78, 5) is 16.8. The first kappa shape index (κ1) is 44.0. The quantitative estimate of drug-likeness (QED) is 0.101. The molecule has 5 aromatic carbocycles. The fourth-order valence-corrected chi connectivity index (χ4v) is 12.6. The van der Waals surface area contributed by atoms with Gasteiger partial charge in [-0.3, -0.25) is 9.35 Å². The van der Waals surface area contributed by atoms with Crippen molar-refractivity contribution in [2.45, 2.75) is 40.4 Å². The Morgan fingerprint density at radius 1 is 0.794 bits per heavy atom. The molecule has 1 aromatic heterocycles. The van der Waals surface area contributed by atoms with Crippen molar-refractivity contribution in [2.24, 2.45) is 11.8 Å². The predicted octanol–water partition coefficient (Wildman–Crippen LogP) is 12.4. The van der Waals surface area contributed by atoms with E-state index in [4.69, 9.17) is 12.6 Å². The molecule has 0 amide bonds. The fourth-order valence-electron chi connectivity index (χ4n) is 8.32. The number of rotatable bonds is 10. The van der Waals surface area contributed by atoms with Gasteiger partial charge in [0.05, 0.1) is 12.0 Å². The molecule has 2 unspecified atom stereocenters. The lowest BCUT2D eigenvalue weighted by molar-refractivity contribution is -0.136. The van der Waals surface area contributed by atoms with Gasteiger partial charge in [-0.2, -0.15) is 8.42 Å². The summed E-state index contributed by atoms with van der Waals surface area (Å²) in [6.45, 7) is 0. The minimum absolute atomic E-state index is 0.0225. The zero-order chi connectivity index (χ0) is 44.1. The zero-order valence-electron chi connectivity index (χ0n) is 33.5. The highest BCUT2D eigenvalue weighted by molar-refractivity contribution is 8.08. The molecular formula is C50H39O8S5+. The Hall–Kier alpha value is -5.67. The van der Waals surface area contributed by atoms with E-state index in [2.05, 4.69) is 85.0 Å². The van der Waals surface area contributed by atoms with Crippen LogP contribution in [0.1, 0.15) is 41.5 Å². The summed E-state index contributed by atoms with van der Waals surface area (Å²) in [5, 5.41) is 10.5. The molecule has 1 fully saturated rings. The maximum atomic E-state index is 12.5. The SMILES string of the molecule is O=C(O)Cc1ccc(SC2=C(/C=C/c3cc(-c4ccccc4S(=O)(=O)O)[s+]c4ccccc34)C3CCC(C3)/C2=C\C=C2/C=C(c3ccccc3)Sc3ccccc32)cc1.O=S(=O)=O. The molecule has 63 heavy (non-hydrogen) atoms. The molecule has 8 nitrogen and oxygen atoms in total. The average molecular weight is 928 g/mol. The van der Waals surface area contributed by atoms with Crippen LogP contribution >= 0.6 is 34.9 Å². The van der Waals surface area contributed by atoms with Crippen LogP contribution in [0, 0.1) is 11.8 Å². The van der Waals surface area contributed by atoms with Crippen LogP contribution < -0.4 is 0 Å². The van der Waals surface area contributed by atoms with Gasteiger partial charge in [0.15, 0.2) is 0 Å². The summed E-state index contributed by atoms with van der Waals surface area (Å²) in [5.41, 5.74) is 8.32. The highest BCUT2D eigenvalue weighted by Gasteiger charge is 2.37. The Balaban J connectivity index is 0.00000131. The van der Waals surface area contributed by atoms with Gasteiger partial charge in [-0.25, -0.2) is 0 Å². The van der Waals surface area contributed by atoms with Crippen LogP contribution in [0.15, 0.2) is 189 Å². The van der Waals surface area contributed by atoms with Crippen molar-refractivity contribution < 1.29 is 35.5 Å². The van der Waals surface area contributed by atoms with E-state index in [0.717, 1.165) is 50.2 Å². The number of hydrogen-bond donors (Lipinski definition) is 2. The number of aliphatic carboxylic acids is 1. The number of carbonyl (C=O) groups is 1. The third-order valence-electron chi connectivity index (χ3n) is 11.1. The van der Waals surface area contributed by atoms with E-state index in [1.807, 2.05) is 54.6 Å². The van der Waals surface area contributed by atoms with E-state index in [0.29, 0.717) is 17.4 Å². The molecule has 6 aromatic rings. The maximum Gasteiger partial charge on any atom is 0.425 e. The minimum atomic E-state index is -4.45. The lowest BCUT2D eigenvalue weighted by Crippen LogP contribution is -2.12. The first-order valence-corrected chi connectivity index (χ1v) is 24.9. The fraction of sp³-hybridized carbons (Fsp3) is 0.120. The number of allylic oxidation sites excluding steroid dienone is 7. The highest BCUT2D eigenvalue weighted by Crippen LogP contribution is 2.54. The smallest absolute Gasteiger partial charge is 0.425 e. The van der Waals surface area contributed by atoms with Crippen molar-refractivity contribution in [1.82, 2.24) is 0 Å². The number of carboxylic acid groups (broad SMARTS) is 1. The second-order valence-corrected chi connectivity index (χ2v) is 20.1. The zero-order valence-corrected chi connectivity index (χ0v) is 37.5. The second-order valence-electron chi connectivity index (χ2n) is 15.1. The van der Waals surface area contributed by atoms with Crippen LogP contribution in [-0.4, -0.2) is 36.7 Å². The van der Waals surface area contributed by atoms with E-state index in [1.54, 1.807) is 41.7 Å². The normalized spacial score (nSPS) is 18.3. The minimum Gasteiger partial charge on any atom is -0.481 e. The molecule has 316 valence electrons. The molecule has 0 radical (unpaired) electrons. The van der Waals surface area contributed by atoms with E-state index >= 15 is 0 Å². The number of thioether (sulfide) groups is 2. The third kappa shape index (κ3) is 10.4. The van der Waals surface area contributed by atoms with Gasteiger partial charge in [0, 0.05) is 37.1 Å². The summed E-state index contributed by atoms with van der Waals surface area (Å²) in [5.74, 6) is -0.0890. The van der Waals surface area contributed by atoms with Gasteiger partial charge in [-0.05, 0) is 113 Å². The summed E-state index contributed by atoms with van der Waals surface area (Å²) in [6, 6.07) is 43.7. The van der Waals surface area contributed by atoms with Crippen molar-refractivity contribution in [3.05, 3.63) is 196 Å². The van der Waals surface area contributed by atoms with Crippen LogP contribution in [-0.2, 0) is 31.9 Å². The summed E-state index contributed by atoms with van der Waals surface area (Å²) < 4.78 is 61.4. The van der Waals surface area contributed by atoms with Gasteiger partial charge in [0.1, 0.15) is 4.90 Å². The first-order valence-electron chi connectivity index (χ1n) is 20.0. The van der Waals surface area contributed by atoms with Crippen LogP contribution in [0.5, 0.6) is 0 Å². The monoisotopic (exact) mass is 927 g/mol. The van der Waals surface area contributed by atoms with Gasteiger partial charge >= 0.3 is 16.6 Å². The molecule has 0 spiro atoms. The standard InChI is InChI=1S/C50H38O5S4.O3S/c51-49(52)28-32-18-24-38(25-19-32)56-50-41(26-22-36-30-46(33-10-2-1-3-11-33)57-44-15-7-4-12-39(36)44)34-20-21-35(29-34)42(50)27-23-37-31-47(58-45-16-8-5-13-40(37)45)43-14-6-9-17-48(43)59(53,54)55;1-4(2)3/h1-19,22-27,30-31,34-35H,20-21,28-29H2,(H-,51,52,53,54,55);/p+1. The van der Waals surface area contributed by atoms with E-state index in [1.165, 1.54) is 60.0 Å². The van der Waals surface area contributed by atoms with Crippen molar-refractivity contribution in [2.75, 3.05) is 0 Å². The van der Waals surface area contributed by atoms with E-state index in [-0.39, 0.29) is 11.3 Å². The van der Waals surface area contributed by atoms with Crippen LogP contribution in [0.2, 0.25) is 0 Å². The van der Waals surface area contributed by atoms with Crippen molar-refractivity contribution in [3.8, 4) is 10.4 Å². The summed E-state index contributed by atoms with van der Waals surface area (Å²) in [6.07, 6.45) is 14.6. The molecule has 0 saturated heterocycles. The topological polar surface area (TPSA) is 143 Å². The number of carboxylic acids is 1. The molecule has 2 bridgehead atoms. The average Bonchev–Trinajstić information content (AvgIpc) is 3.71. The van der Waals surface area contributed by atoms with E-state index < -0.39 is 26.7 Å². The van der Waals surface area contributed by atoms with Crippen LogP contribution in [0.3, 0.4) is 0 Å². The predicted molar refractivity (Wildman–Crippen MR) is 254 cm³/mol. The molecule has 1 saturated carbocycles. The molecule has 2 atom stereocenters. The molecule has 2 aliphatic carbocycles. The second kappa shape index (κ2) is 19.4. The maximum absolute atomic E-state index is 12.5. The highest BCUT2D eigenvalue weighted by atomic mass is 32.2. The largest absolute Gasteiger partial charge is 0.481 e.